The first-order chi connectivity index (χ1) is 5.99. The minimum Gasteiger partial charge on any atom is -0.466 e. The zero-order valence-corrected chi connectivity index (χ0v) is 8.11. The first-order valence-electron chi connectivity index (χ1n) is 3.78. The number of esters is 1. The van der Waals surface area contributed by atoms with Gasteiger partial charge in [0, 0.05) is 14.1 Å². The molecule has 6 heteroatoms. The lowest BCUT2D eigenvalue weighted by Gasteiger charge is -2.12. The molecule has 1 heterocycles. The summed E-state index contributed by atoms with van der Waals surface area (Å²) >= 11 is 0. The van der Waals surface area contributed by atoms with Crippen molar-refractivity contribution in [2.24, 2.45) is 15.2 Å². The molecule has 0 aliphatic carbocycles. The molecule has 0 aromatic rings. The second-order valence-corrected chi connectivity index (χ2v) is 3.02. The van der Waals surface area contributed by atoms with Gasteiger partial charge in [0.1, 0.15) is 0 Å². The van der Waals surface area contributed by atoms with E-state index in [0.29, 0.717) is 5.96 Å². The van der Waals surface area contributed by atoms with Crippen LogP contribution in [0, 0.1) is 0 Å². The molecular formula is C7H12N4O2. The van der Waals surface area contributed by atoms with Gasteiger partial charge in [0.15, 0.2) is 0 Å². The van der Waals surface area contributed by atoms with Crippen LogP contribution in [0.25, 0.3) is 0 Å². The molecule has 0 N–H and O–H groups in total. The van der Waals surface area contributed by atoms with Crippen molar-refractivity contribution in [2.75, 3.05) is 21.2 Å². The molecule has 0 fully saturated rings. The number of ether oxygens (including phenoxy) is 1. The van der Waals surface area contributed by atoms with E-state index in [4.69, 9.17) is 0 Å². The summed E-state index contributed by atoms with van der Waals surface area (Å²) in [5.41, 5.74) is -1.20. The van der Waals surface area contributed by atoms with Crippen LogP contribution in [0.3, 0.4) is 0 Å². The van der Waals surface area contributed by atoms with Crippen LogP contribution in [-0.4, -0.2) is 43.7 Å². The van der Waals surface area contributed by atoms with E-state index < -0.39 is 11.6 Å². The molecular weight excluding hydrogens is 172 g/mol. The standard InChI is InChI=1S/C7H12N4O2/c1-7(5(12)13-4)8-6(9-10-7)11(2)3/h1-4H3. The molecule has 1 rings (SSSR count). The summed E-state index contributed by atoms with van der Waals surface area (Å²) in [5, 5.41) is 7.50. The monoisotopic (exact) mass is 184 g/mol. The Bertz CT molecular complexity index is 284. The number of nitrogens with zero attached hydrogens (tertiary/aromatic N) is 4. The molecule has 6 nitrogen and oxygen atoms in total. The molecule has 0 aromatic heterocycles. The Morgan fingerprint density at radius 3 is 2.54 bits per heavy atom. The number of guanidine groups is 1. The fraction of sp³-hybridized carbons (Fsp3) is 0.714. The smallest absolute Gasteiger partial charge is 0.358 e. The van der Waals surface area contributed by atoms with Gasteiger partial charge in [0.2, 0.25) is 5.96 Å². The predicted octanol–water partition coefficient (Wildman–Crippen LogP) is 0.259. The summed E-state index contributed by atoms with van der Waals surface area (Å²) < 4.78 is 4.55. The second-order valence-electron chi connectivity index (χ2n) is 3.02. The lowest BCUT2D eigenvalue weighted by Crippen LogP contribution is -2.31. The highest BCUT2D eigenvalue weighted by atomic mass is 16.5. The van der Waals surface area contributed by atoms with Gasteiger partial charge < -0.3 is 9.64 Å². The lowest BCUT2D eigenvalue weighted by molar-refractivity contribution is -0.145. The van der Waals surface area contributed by atoms with Crippen molar-refractivity contribution in [1.82, 2.24) is 4.90 Å². The first-order valence-corrected chi connectivity index (χ1v) is 3.78. The van der Waals surface area contributed by atoms with Gasteiger partial charge in [-0.2, -0.15) is 0 Å². The number of carbonyl (C=O) groups excluding carboxylic acids is 1. The minimum atomic E-state index is -1.20. The lowest BCUT2D eigenvalue weighted by atomic mass is 10.2. The maximum absolute atomic E-state index is 11.2. The van der Waals surface area contributed by atoms with Gasteiger partial charge in [0.05, 0.1) is 7.11 Å². The number of rotatable bonds is 1. The van der Waals surface area contributed by atoms with Crippen molar-refractivity contribution in [2.45, 2.75) is 12.6 Å². The molecule has 0 aromatic carbocycles. The van der Waals surface area contributed by atoms with E-state index in [-0.39, 0.29) is 0 Å². The second kappa shape index (κ2) is 3.12. The quantitative estimate of drug-likeness (QED) is 0.549. The van der Waals surface area contributed by atoms with Crippen LogP contribution < -0.4 is 0 Å². The van der Waals surface area contributed by atoms with Crippen LogP contribution in [0.15, 0.2) is 15.2 Å². The first kappa shape index (κ1) is 9.63. The molecule has 0 bridgehead atoms. The third kappa shape index (κ3) is 1.66. The van der Waals surface area contributed by atoms with Gasteiger partial charge in [-0.05, 0) is 6.92 Å². The van der Waals surface area contributed by atoms with E-state index in [1.54, 1.807) is 25.9 Å². The summed E-state index contributed by atoms with van der Waals surface area (Å²) in [6, 6.07) is 0. The molecule has 0 saturated carbocycles. The third-order valence-electron chi connectivity index (χ3n) is 1.62. The normalized spacial score (nSPS) is 25.7. The molecule has 1 aliphatic rings. The van der Waals surface area contributed by atoms with Gasteiger partial charge in [-0.1, -0.05) is 0 Å². The van der Waals surface area contributed by atoms with E-state index in [1.807, 2.05) is 0 Å². The summed E-state index contributed by atoms with van der Waals surface area (Å²) in [6.07, 6.45) is 0. The highest BCUT2D eigenvalue weighted by molar-refractivity contribution is 5.89. The molecule has 13 heavy (non-hydrogen) atoms. The van der Waals surface area contributed by atoms with Gasteiger partial charge in [-0.3, -0.25) is 0 Å². The Hall–Kier alpha value is -1.46. The number of aliphatic imine (C=N–C) groups is 1. The molecule has 0 spiro atoms. The third-order valence-corrected chi connectivity index (χ3v) is 1.62. The van der Waals surface area contributed by atoms with Crippen molar-refractivity contribution in [3.8, 4) is 0 Å². The number of hydrogen-bond donors (Lipinski definition) is 0. The maximum Gasteiger partial charge on any atom is 0.358 e. The average Bonchev–Trinajstić information content (AvgIpc) is 2.48. The average molecular weight is 184 g/mol. The Morgan fingerprint density at radius 2 is 2.15 bits per heavy atom. The Morgan fingerprint density at radius 1 is 1.54 bits per heavy atom. The molecule has 0 amide bonds. The summed E-state index contributed by atoms with van der Waals surface area (Å²) in [4.78, 5) is 16.9. The highest BCUT2D eigenvalue weighted by Crippen LogP contribution is 2.21. The zero-order valence-electron chi connectivity index (χ0n) is 8.11. The molecule has 1 unspecified atom stereocenters. The van der Waals surface area contributed by atoms with Crippen LogP contribution in [-0.2, 0) is 9.53 Å². The van der Waals surface area contributed by atoms with E-state index in [1.165, 1.54) is 7.11 Å². The van der Waals surface area contributed by atoms with Gasteiger partial charge in [-0.15, -0.1) is 10.2 Å². The maximum atomic E-state index is 11.2. The van der Waals surface area contributed by atoms with Gasteiger partial charge >= 0.3 is 5.97 Å². The summed E-state index contributed by atoms with van der Waals surface area (Å²) in [5.74, 6) is -0.0824. The van der Waals surface area contributed by atoms with Crippen molar-refractivity contribution in [1.29, 1.82) is 0 Å². The Kier molecular flexibility index (Phi) is 2.31. The topological polar surface area (TPSA) is 66.6 Å². The van der Waals surface area contributed by atoms with Crippen LogP contribution in [0.4, 0.5) is 0 Å². The molecule has 0 saturated heterocycles. The number of hydrogen-bond acceptors (Lipinski definition) is 6. The number of carbonyl (C=O) groups is 1. The zero-order chi connectivity index (χ0) is 10.1. The predicted molar refractivity (Wildman–Crippen MR) is 46.4 cm³/mol. The fourth-order valence-corrected chi connectivity index (χ4v) is 0.851. The van der Waals surface area contributed by atoms with Crippen molar-refractivity contribution < 1.29 is 9.53 Å². The Labute approximate surface area is 76.3 Å². The van der Waals surface area contributed by atoms with E-state index in [9.17, 15) is 4.79 Å². The molecule has 1 atom stereocenters. The number of methoxy groups -OCH3 is 1. The van der Waals surface area contributed by atoms with Crippen LogP contribution in [0.5, 0.6) is 0 Å². The van der Waals surface area contributed by atoms with Crippen LogP contribution in [0.1, 0.15) is 6.92 Å². The molecule has 0 radical (unpaired) electrons. The number of azo groups is 1. The largest absolute Gasteiger partial charge is 0.466 e. The van der Waals surface area contributed by atoms with E-state index >= 15 is 0 Å². The van der Waals surface area contributed by atoms with Crippen LogP contribution in [0.2, 0.25) is 0 Å². The highest BCUT2D eigenvalue weighted by Gasteiger charge is 2.38. The fourth-order valence-electron chi connectivity index (χ4n) is 0.851. The van der Waals surface area contributed by atoms with Crippen molar-refractivity contribution in [3.63, 3.8) is 0 Å². The molecule has 1 aliphatic heterocycles. The van der Waals surface area contributed by atoms with Crippen molar-refractivity contribution >= 4 is 11.9 Å². The van der Waals surface area contributed by atoms with E-state index in [2.05, 4.69) is 20.0 Å². The molecule has 72 valence electrons. The van der Waals surface area contributed by atoms with Crippen LogP contribution >= 0.6 is 0 Å². The van der Waals surface area contributed by atoms with Crippen molar-refractivity contribution in [3.05, 3.63) is 0 Å². The minimum absolute atomic E-state index is 0.424. The summed E-state index contributed by atoms with van der Waals surface area (Å²) in [6.45, 7) is 1.55. The SMILES string of the molecule is COC(=O)C1(C)N=NC(N(C)C)=N1. The van der Waals surface area contributed by atoms with Gasteiger partial charge in [0.25, 0.3) is 5.66 Å². The summed E-state index contributed by atoms with van der Waals surface area (Å²) in [7, 11) is 4.86. The Balaban J connectivity index is 2.88. The van der Waals surface area contributed by atoms with Gasteiger partial charge in [-0.25, -0.2) is 9.79 Å². The van der Waals surface area contributed by atoms with E-state index in [0.717, 1.165) is 0 Å².